The van der Waals surface area contributed by atoms with E-state index in [4.69, 9.17) is 0 Å². The maximum atomic E-state index is 13.1. The SMILES string of the molecule is O=C(CSc1nc2ccccc2c(=O)n1-c1cccnc1)NCCc1ccccc1. The fourth-order valence-electron chi connectivity index (χ4n) is 3.09. The van der Waals surface area contributed by atoms with Crippen molar-refractivity contribution in [1.82, 2.24) is 19.9 Å². The predicted octanol–water partition coefficient (Wildman–Crippen LogP) is 3.23. The Labute approximate surface area is 178 Å². The number of carbonyl (C=O) groups excluding carboxylic acids is 1. The second-order valence-corrected chi connectivity index (χ2v) is 7.58. The molecule has 2 heterocycles. The summed E-state index contributed by atoms with van der Waals surface area (Å²) in [7, 11) is 0. The Balaban J connectivity index is 1.52. The van der Waals surface area contributed by atoms with Gasteiger partial charge in [-0.3, -0.25) is 19.1 Å². The van der Waals surface area contributed by atoms with Crippen molar-refractivity contribution in [2.24, 2.45) is 0 Å². The van der Waals surface area contributed by atoms with Gasteiger partial charge in [-0.1, -0.05) is 54.2 Å². The monoisotopic (exact) mass is 416 g/mol. The first kappa shape index (κ1) is 19.8. The average molecular weight is 417 g/mol. The van der Waals surface area contributed by atoms with Gasteiger partial charge in [0.2, 0.25) is 5.91 Å². The minimum atomic E-state index is -0.180. The van der Waals surface area contributed by atoms with E-state index >= 15 is 0 Å². The number of nitrogens with one attached hydrogen (secondary N) is 1. The second kappa shape index (κ2) is 9.37. The van der Waals surface area contributed by atoms with Crippen LogP contribution >= 0.6 is 11.8 Å². The molecule has 0 aliphatic carbocycles. The third kappa shape index (κ3) is 4.58. The smallest absolute Gasteiger partial charge is 0.266 e. The number of nitrogens with zero attached hydrogens (tertiary/aromatic N) is 3. The number of hydrogen-bond acceptors (Lipinski definition) is 5. The summed E-state index contributed by atoms with van der Waals surface area (Å²) in [6, 6.07) is 20.8. The van der Waals surface area contributed by atoms with Gasteiger partial charge in [0, 0.05) is 12.7 Å². The summed E-state index contributed by atoms with van der Waals surface area (Å²) in [6.45, 7) is 0.559. The molecule has 1 amide bonds. The van der Waals surface area contributed by atoms with Gasteiger partial charge in [0.25, 0.3) is 5.56 Å². The van der Waals surface area contributed by atoms with Crippen LogP contribution in [0, 0.1) is 0 Å². The predicted molar refractivity (Wildman–Crippen MR) is 119 cm³/mol. The van der Waals surface area contributed by atoms with Crippen molar-refractivity contribution in [1.29, 1.82) is 0 Å². The second-order valence-electron chi connectivity index (χ2n) is 6.64. The summed E-state index contributed by atoms with van der Waals surface area (Å²) >= 11 is 1.24. The number of para-hydroxylation sites is 1. The van der Waals surface area contributed by atoms with E-state index in [1.807, 2.05) is 42.5 Å². The number of carbonyl (C=O) groups is 1. The molecular weight excluding hydrogens is 396 g/mol. The Morgan fingerprint density at radius 3 is 2.60 bits per heavy atom. The molecule has 0 atom stereocenters. The molecule has 0 spiro atoms. The number of fused-ring (bicyclic) bond motifs is 1. The van der Waals surface area contributed by atoms with E-state index in [1.165, 1.54) is 21.9 Å². The maximum absolute atomic E-state index is 13.1. The molecule has 4 rings (SSSR count). The summed E-state index contributed by atoms with van der Waals surface area (Å²) < 4.78 is 1.51. The molecule has 0 aliphatic rings. The Kier molecular flexibility index (Phi) is 6.20. The third-order valence-corrected chi connectivity index (χ3v) is 5.50. The van der Waals surface area contributed by atoms with Crippen molar-refractivity contribution in [3.8, 4) is 5.69 Å². The number of aromatic nitrogens is 3. The summed E-state index contributed by atoms with van der Waals surface area (Å²) in [4.78, 5) is 34.2. The molecule has 2 aromatic carbocycles. The molecule has 0 saturated carbocycles. The minimum absolute atomic E-state index is 0.101. The Morgan fingerprint density at radius 1 is 1.00 bits per heavy atom. The van der Waals surface area contributed by atoms with Crippen LogP contribution in [0.3, 0.4) is 0 Å². The molecule has 7 heteroatoms. The fraction of sp³-hybridized carbons (Fsp3) is 0.130. The first-order valence-electron chi connectivity index (χ1n) is 9.58. The molecule has 0 unspecified atom stereocenters. The summed E-state index contributed by atoms with van der Waals surface area (Å²) in [5.41, 5.74) is 2.22. The zero-order chi connectivity index (χ0) is 20.8. The van der Waals surface area contributed by atoms with Crippen LogP contribution in [-0.2, 0) is 11.2 Å². The lowest BCUT2D eigenvalue weighted by Gasteiger charge is -2.13. The van der Waals surface area contributed by atoms with Crippen molar-refractivity contribution in [2.75, 3.05) is 12.3 Å². The molecule has 1 N–H and O–H groups in total. The van der Waals surface area contributed by atoms with Crippen LogP contribution in [0.25, 0.3) is 16.6 Å². The van der Waals surface area contributed by atoms with Crippen LogP contribution < -0.4 is 10.9 Å². The van der Waals surface area contributed by atoms with Crippen molar-refractivity contribution < 1.29 is 4.79 Å². The van der Waals surface area contributed by atoms with Crippen LogP contribution in [0.1, 0.15) is 5.56 Å². The van der Waals surface area contributed by atoms with Crippen LogP contribution in [0.15, 0.2) is 89.1 Å². The van der Waals surface area contributed by atoms with Crippen molar-refractivity contribution in [3.05, 3.63) is 95.0 Å². The highest BCUT2D eigenvalue weighted by molar-refractivity contribution is 7.99. The maximum Gasteiger partial charge on any atom is 0.266 e. The molecule has 0 bridgehead atoms. The molecule has 0 aliphatic heterocycles. The number of amides is 1. The van der Waals surface area contributed by atoms with E-state index in [9.17, 15) is 9.59 Å². The molecule has 30 heavy (non-hydrogen) atoms. The third-order valence-electron chi connectivity index (χ3n) is 4.56. The van der Waals surface area contributed by atoms with E-state index in [0.29, 0.717) is 28.3 Å². The molecule has 0 saturated heterocycles. The van der Waals surface area contributed by atoms with Gasteiger partial charge >= 0.3 is 0 Å². The number of pyridine rings is 1. The molecule has 4 aromatic rings. The summed E-state index contributed by atoms with van der Waals surface area (Å²) in [6.07, 6.45) is 4.03. The summed E-state index contributed by atoms with van der Waals surface area (Å²) in [5, 5.41) is 3.91. The highest BCUT2D eigenvalue weighted by atomic mass is 32.2. The van der Waals surface area contributed by atoms with Crippen LogP contribution in [0.4, 0.5) is 0 Å². The molecule has 0 fully saturated rings. The van der Waals surface area contributed by atoms with Crippen LogP contribution in [0.5, 0.6) is 0 Å². The van der Waals surface area contributed by atoms with Crippen molar-refractivity contribution in [3.63, 3.8) is 0 Å². The minimum Gasteiger partial charge on any atom is -0.355 e. The number of rotatable bonds is 7. The van der Waals surface area contributed by atoms with Gasteiger partial charge in [-0.25, -0.2) is 4.98 Å². The van der Waals surface area contributed by atoms with Gasteiger partial charge in [0.05, 0.1) is 28.5 Å². The fourth-order valence-corrected chi connectivity index (χ4v) is 3.94. The lowest BCUT2D eigenvalue weighted by Crippen LogP contribution is -2.28. The van der Waals surface area contributed by atoms with E-state index in [2.05, 4.69) is 15.3 Å². The van der Waals surface area contributed by atoms with E-state index < -0.39 is 0 Å². The zero-order valence-electron chi connectivity index (χ0n) is 16.2. The van der Waals surface area contributed by atoms with Gasteiger partial charge in [0.1, 0.15) is 0 Å². The Bertz CT molecular complexity index is 1210. The quantitative estimate of drug-likeness (QED) is 0.370. The van der Waals surface area contributed by atoms with Crippen LogP contribution in [0.2, 0.25) is 0 Å². The first-order chi connectivity index (χ1) is 14.7. The van der Waals surface area contributed by atoms with Crippen molar-refractivity contribution >= 4 is 28.6 Å². The lowest BCUT2D eigenvalue weighted by atomic mass is 10.1. The van der Waals surface area contributed by atoms with Gasteiger partial charge in [-0.15, -0.1) is 0 Å². The van der Waals surface area contributed by atoms with Gasteiger partial charge in [-0.05, 0) is 36.2 Å². The highest BCUT2D eigenvalue weighted by Gasteiger charge is 2.14. The van der Waals surface area contributed by atoms with Crippen molar-refractivity contribution in [2.45, 2.75) is 11.6 Å². The topological polar surface area (TPSA) is 76.9 Å². The van der Waals surface area contributed by atoms with Crippen LogP contribution in [-0.4, -0.2) is 32.7 Å². The van der Waals surface area contributed by atoms with Gasteiger partial charge in [0.15, 0.2) is 5.16 Å². The standard InChI is InChI=1S/C23H20N4O2S/c28-21(25-14-12-17-7-2-1-3-8-17)16-30-23-26-20-11-5-4-10-19(20)22(29)27(23)18-9-6-13-24-15-18/h1-11,13,15H,12,14,16H2,(H,25,28). The number of thioether (sulfide) groups is 1. The number of benzene rings is 2. The Hall–Kier alpha value is -3.45. The molecule has 0 radical (unpaired) electrons. The van der Waals surface area contributed by atoms with E-state index in [1.54, 1.807) is 36.7 Å². The number of hydrogen-bond donors (Lipinski definition) is 1. The lowest BCUT2D eigenvalue weighted by molar-refractivity contribution is -0.118. The molecular formula is C23H20N4O2S. The average Bonchev–Trinajstić information content (AvgIpc) is 2.79. The van der Waals surface area contributed by atoms with E-state index in [-0.39, 0.29) is 17.2 Å². The highest BCUT2D eigenvalue weighted by Crippen LogP contribution is 2.20. The first-order valence-corrected chi connectivity index (χ1v) is 10.6. The van der Waals surface area contributed by atoms with E-state index in [0.717, 1.165) is 6.42 Å². The molecule has 2 aromatic heterocycles. The Morgan fingerprint density at radius 2 is 1.80 bits per heavy atom. The molecule has 6 nitrogen and oxygen atoms in total. The molecule has 150 valence electrons. The van der Waals surface area contributed by atoms with Gasteiger partial charge < -0.3 is 5.32 Å². The largest absolute Gasteiger partial charge is 0.355 e. The zero-order valence-corrected chi connectivity index (χ0v) is 17.0. The van der Waals surface area contributed by atoms with Gasteiger partial charge in [-0.2, -0.15) is 0 Å². The summed E-state index contributed by atoms with van der Waals surface area (Å²) in [5.74, 6) is 0.0656. The normalized spacial score (nSPS) is 10.8.